The predicted octanol–water partition coefficient (Wildman–Crippen LogP) is 3.70. The summed E-state index contributed by atoms with van der Waals surface area (Å²) in [7, 11) is 0. The molecular formula is C18H16N4OS. The Balaban J connectivity index is 1.70. The van der Waals surface area contributed by atoms with E-state index in [0.717, 1.165) is 39.3 Å². The van der Waals surface area contributed by atoms with Crippen molar-refractivity contribution in [3.05, 3.63) is 60.2 Å². The zero-order valence-electron chi connectivity index (χ0n) is 13.2. The van der Waals surface area contributed by atoms with Crippen LogP contribution >= 0.6 is 11.8 Å². The minimum atomic E-state index is 0.667. The molecule has 0 bridgehead atoms. The van der Waals surface area contributed by atoms with Gasteiger partial charge in [-0.3, -0.25) is 0 Å². The van der Waals surface area contributed by atoms with E-state index in [-0.39, 0.29) is 0 Å². The lowest BCUT2D eigenvalue weighted by molar-refractivity contribution is 0.340. The first-order chi connectivity index (χ1) is 11.8. The molecule has 6 heteroatoms. The minimum Gasteiger partial charge on any atom is -0.494 e. The van der Waals surface area contributed by atoms with E-state index >= 15 is 0 Å². The van der Waals surface area contributed by atoms with Crippen molar-refractivity contribution in [1.29, 1.82) is 0 Å². The first-order valence-electron chi connectivity index (χ1n) is 7.80. The number of ether oxygens (including phenoxy) is 1. The van der Waals surface area contributed by atoms with Gasteiger partial charge in [0.1, 0.15) is 5.75 Å². The highest BCUT2D eigenvalue weighted by molar-refractivity contribution is 7.99. The Bertz CT molecular complexity index is 872. The van der Waals surface area contributed by atoms with Crippen LogP contribution in [0.4, 0.5) is 0 Å². The number of benzene rings is 2. The molecule has 120 valence electrons. The third-order valence-corrected chi connectivity index (χ3v) is 4.63. The van der Waals surface area contributed by atoms with Crippen LogP contribution in [0.5, 0.6) is 5.75 Å². The molecule has 3 aromatic rings. The van der Waals surface area contributed by atoms with Crippen LogP contribution in [0.1, 0.15) is 12.5 Å². The lowest BCUT2D eigenvalue weighted by Crippen LogP contribution is -2.13. The van der Waals surface area contributed by atoms with Gasteiger partial charge < -0.3 is 4.74 Å². The smallest absolute Gasteiger partial charge is 0.212 e. The van der Waals surface area contributed by atoms with Crippen molar-refractivity contribution in [1.82, 2.24) is 14.9 Å². The van der Waals surface area contributed by atoms with Gasteiger partial charge in [0, 0.05) is 11.3 Å². The van der Waals surface area contributed by atoms with E-state index in [0.29, 0.717) is 6.61 Å². The fourth-order valence-electron chi connectivity index (χ4n) is 2.55. The third-order valence-electron chi connectivity index (χ3n) is 3.70. The Labute approximate surface area is 144 Å². The SMILES string of the molecule is CCOc1ccc(C2=Nn3c(nnc3-c3ccccc3)SC2)cc1. The van der Waals surface area contributed by atoms with E-state index in [4.69, 9.17) is 9.84 Å². The maximum absolute atomic E-state index is 5.50. The number of rotatable bonds is 4. The summed E-state index contributed by atoms with van der Waals surface area (Å²) in [5, 5.41) is 14.1. The topological polar surface area (TPSA) is 52.3 Å². The van der Waals surface area contributed by atoms with Crippen LogP contribution < -0.4 is 4.74 Å². The summed E-state index contributed by atoms with van der Waals surface area (Å²) in [5.41, 5.74) is 3.10. The van der Waals surface area contributed by atoms with Crippen molar-refractivity contribution >= 4 is 17.5 Å². The molecule has 0 N–H and O–H groups in total. The van der Waals surface area contributed by atoms with Crippen LogP contribution in [0.25, 0.3) is 11.4 Å². The zero-order valence-corrected chi connectivity index (χ0v) is 14.0. The molecule has 1 aromatic heterocycles. The third kappa shape index (κ3) is 2.80. The number of hydrogen-bond donors (Lipinski definition) is 0. The Kier molecular flexibility index (Phi) is 4.04. The number of aromatic nitrogens is 3. The van der Waals surface area contributed by atoms with Crippen LogP contribution in [0.15, 0.2) is 64.9 Å². The Morgan fingerprint density at radius 3 is 2.54 bits per heavy atom. The van der Waals surface area contributed by atoms with Gasteiger partial charge in [-0.05, 0) is 36.8 Å². The van der Waals surface area contributed by atoms with Gasteiger partial charge in [-0.25, -0.2) is 0 Å². The summed E-state index contributed by atoms with van der Waals surface area (Å²) < 4.78 is 7.33. The van der Waals surface area contributed by atoms with Crippen LogP contribution in [0.3, 0.4) is 0 Å². The van der Waals surface area contributed by atoms with E-state index in [1.165, 1.54) is 0 Å². The van der Waals surface area contributed by atoms with Crippen LogP contribution in [-0.4, -0.2) is 32.9 Å². The second kappa shape index (κ2) is 6.49. The molecule has 0 amide bonds. The summed E-state index contributed by atoms with van der Waals surface area (Å²) >= 11 is 1.65. The molecule has 1 aliphatic rings. The number of thioether (sulfide) groups is 1. The van der Waals surface area contributed by atoms with Gasteiger partial charge in [0.2, 0.25) is 5.16 Å². The maximum atomic E-state index is 5.50. The molecule has 5 nitrogen and oxygen atoms in total. The average Bonchev–Trinajstić information content (AvgIpc) is 3.06. The van der Waals surface area contributed by atoms with E-state index < -0.39 is 0 Å². The van der Waals surface area contributed by atoms with Crippen molar-refractivity contribution in [3.63, 3.8) is 0 Å². The van der Waals surface area contributed by atoms with Crippen LogP contribution in [0, 0.1) is 0 Å². The average molecular weight is 336 g/mol. The fourth-order valence-corrected chi connectivity index (χ4v) is 3.38. The Hall–Kier alpha value is -2.60. The predicted molar refractivity (Wildman–Crippen MR) is 95.7 cm³/mol. The van der Waals surface area contributed by atoms with Crippen molar-refractivity contribution < 1.29 is 4.74 Å². The molecule has 1 aliphatic heterocycles. The summed E-state index contributed by atoms with van der Waals surface area (Å²) in [6.45, 7) is 2.65. The molecule has 24 heavy (non-hydrogen) atoms. The fraction of sp³-hybridized carbons (Fsp3) is 0.167. The number of fused-ring (bicyclic) bond motifs is 1. The normalized spacial score (nSPS) is 13.3. The van der Waals surface area contributed by atoms with Crippen molar-refractivity contribution in [2.24, 2.45) is 5.10 Å². The minimum absolute atomic E-state index is 0.667. The highest BCUT2D eigenvalue weighted by Gasteiger charge is 2.20. The monoisotopic (exact) mass is 336 g/mol. The molecular weight excluding hydrogens is 320 g/mol. The van der Waals surface area contributed by atoms with E-state index in [9.17, 15) is 0 Å². The van der Waals surface area contributed by atoms with Gasteiger partial charge in [-0.2, -0.15) is 9.78 Å². The molecule has 0 fully saturated rings. The van der Waals surface area contributed by atoms with Gasteiger partial charge in [-0.1, -0.05) is 42.1 Å². The molecule has 0 spiro atoms. The lowest BCUT2D eigenvalue weighted by Gasteiger charge is -2.14. The molecule has 0 saturated heterocycles. The molecule has 0 atom stereocenters. The van der Waals surface area contributed by atoms with Crippen LogP contribution in [0.2, 0.25) is 0 Å². The van der Waals surface area contributed by atoms with Gasteiger partial charge in [-0.15, -0.1) is 10.2 Å². The Morgan fingerprint density at radius 1 is 1.00 bits per heavy atom. The maximum Gasteiger partial charge on any atom is 0.212 e. The molecule has 4 rings (SSSR count). The van der Waals surface area contributed by atoms with Crippen molar-refractivity contribution in [2.45, 2.75) is 12.1 Å². The standard InChI is InChI=1S/C18H16N4OS/c1-2-23-15-10-8-13(9-11-15)16-12-24-18-20-19-17(22(18)21-16)14-6-4-3-5-7-14/h3-11H,2,12H2,1H3. The Morgan fingerprint density at radius 2 is 1.79 bits per heavy atom. The summed E-state index contributed by atoms with van der Waals surface area (Å²) in [4.78, 5) is 0. The van der Waals surface area contributed by atoms with Crippen LogP contribution in [-0.2, 0) is 0 Å². The largest absolute Gasteiger partial charge is 0.494 e. The first-order valence-corrected chi connectivity index (χ1v) is 8.78. The van der Waals surface area contributed by atoms with E-state index in [1.54, 1.807) is 11.8 Å². The molecule has 2 aromatic carbocycles. The summed E-state index contributed by atoms with van der Waals surface area (Å²) in [6, 6.07) is 18.0. The van der Waals surface area contributed by atoms with E-state index in [1.807, 2.05) is 66.2 Å². The number of hydrogen-bond acceptors (Lipinski definition) is 5. The van der Waals surface area contributed by atoms with Gasteiger partial charge in [0.25, 0.3) is 0 Å². The number of nitrogens with zero attached hydrogens (tertiary/aromatic N) is 4. The zero-order chi connectivity index (χ0) is 16.4. The molecule has 0 radical (unpaired) electrons. The van der Waals surface area contributed by atoms with Gasteiger partial charge in [0.15, 0.2) is 5.82 Å². The lowest BCUT2D eigenvalue weighted by atomic mass is 10.1. The van der Waals surface area contributed by atoms with Gasteiger partial charge >= 0.3 is 0 Å². The quantitative estimate of drug-likeness (QED) is 0.729. The van der Waals surface area contributed by atoms with Gasteiger partial charge in [0.05, 0.1) is 12.3 Å². The molecule has 0 saturated carbocycles. The van der Waals surface area contributed by atoms with E-state index in [2.05, 4.69) is 10.2 Å². The highest BCUT2D eigenvalue weighted by Crippen LogP contribution is 2.28. The molecule has 0 aliphatic carbocycles. The second-order valence-electron chi connectivity index (χ2n) is 5.28. The summed E-state index contributed by atoms with van der Waals surface area (Å²) in [6.07, 6.45) is 0. The first kappa shape index (κ1) is 15.0. The summed E-state index contributed by atoms with van der Waals surface area (Å²) in [5.74, 6) is 2.42. The molecule has 2 heterocycles. The molecule has 0 unspecified atom stereocenters. The highest BCUT2D eigenvalue weighted by atomic mass is 32.2. The van der Waals surface area contributed by atoms with Crippen molar-refractivity contribution in [2.75, 3.05) is 12.4 Å². The van der Waals surface area contributed by atoms with Crippen molar-refractivity contribution in [3.8, 4) is 17.1 Å². The second-order valence-corrected chi connectivity index (χ2v) is 6.22.